The summed E-state index contributed by atoms with van der Waals surface area (Å²) in [6.07, 6.45) is -3.44. The van der Waals surface area contributed by atoms with E-state index >= 15 is 0 Å². The maximum Gasteiger partial charge on any atom is 0.434 e. The van der Waals surface area contributed by atoms with Crippen molar-refractivity contribution >= 4 is 17.0 Å². The molecule has 0 atom stereocenters. The molecule has 0 aliphatic rings. The van der Waals surface area contributed by atoms with Crippen LogP contribution in [-0.4, -0.2) is 20.5 Å². The topological polar surface area (TPSA) is 57.0 Å². The molecular weight excluding hydrogens is 323 g/mol. The van der Waals surface area contributed by atoms with Crippen LogP contribution in [0.25, 0.3) is 22.4 Å². The quantitative estimate of drug-likeness (QED) is 0.672. The summed E-state index contributed by atoms with van der Waals surface area (Å²) in [5.74, 6) is -0.985. The summed E-state index contributed by atoms with van der Waals surface area (Å²) in [4.78, 5) is 19.1. The fourth-order valence-electron chi connectivity index (χ4n) is 2.39. The summed E-state index contributed by atoms with van der Waals surface area (Å²) in [6, 6.07) is 8.36. The number of carbonyl (C=O) groups is 1. The van der Waals surface area contributed by atoms with E-state index in [4.69, 9.17) is 4.74 Å². The zero-order valence-corrected chi connectivity index (χ0v) is 12.8. The number of nitrogens with zero attached hydrogens (tertiary/aromatic N) is 3. The van der Waals surface area contributed by atoms with Crippen molar-refractivity contribution in [2.45, 2.75) is 13.1 Å². The predicted molar refractivity (Wildman–Crippen MR) is 80.3 cm³/mol. The van der Waals surface area contributed by atoms with E-state index < -0.39 is 17.8 Å². The second-order valence-corrected chi connectivity index (χ2v) is 5.16. The van der Waals surface area contributed by atoms with Crippen molar-refractivity contribution in [3.05, 3.63) is 42.2 Å². The summed E-state index contributed by atoms with van der Waals surface area (Å²) in [5.41, 5.74) is -0.643. The lowest BCUT2D eigenvalue weighted by atomic mass is 10.2. The number of esters is 1. The first-order chi connectivity index (χ1) is 11.3. The van der Waals surface area contributed by atoms with Crippen LogP contribution in [0.1, 0.15) is 12.6 Å². The predicted octanol–water partition coefficient (Wildman–Crippen LogP) is 3.58. The molecule has 2 aromatic heterocycles. The molecule has 0 amide bonds. The van der Waals surface area contributed by atoms with E-state index in [1.807, 2.05) is 0 Å². The summed E-state index contributed by atoms with van der Waals surface area (Å²) in [6.45, 7) is 1.12. The van der Waals surface area contributed by atoms with Crippen molar-refractivity contribution in [2.24, 2.45) is 7.05 Å². The van der Waals surface area contributed by atoms with Gasteiger partial charge >= 0.3 is 12.1 Å². The molecule has 0 saturated carbocycles. The van der Waals surface area contributed by atoms with E-state index in [2.05, 4.69) is 9.97 Å². The fraction of sp³-hybridized carbons (Fsp3) is 0.188. The molecule has 24 heavy (non-hydrogen) atoms. The average molecular weight is 335 g/mol. The lowest BCUT2D eigenvalue weighted by Gasteiger charge is -2.11. The number of aromatic nitrogens is 3. The van der Waals surface area contributed by atoms with Crippen molar-refractivity contribution < 1.29 is 22.7 Å². The second-order valence-electron chi connectivity index (χ2n) is 5.16. The molecule has 3 aromatic rings. The van der Waals surface area contributed by atoms with Gasteiger partial charge < -0.3 is 9.30 Å². The lowest BCUT2D eigenvalue weighted by molar-refractivity contribution is -0.140. The third-order valence-electron chi connectivity index (χ3n) is 3.34. The molecule has 3 rings (SSSR count). The molecule has 2 heterocycles. The van der Waals surface area contributed by atoms with Crippen molar-refractivity contribution in [3.63, 3.8) is 0 Å². The molecule has 0 saturated heterocycles. The number of benzene rings is 1. The Morgan fingerprint density at radius 3 is 2.42 bits per heavy atom. The Bertz CT molecular complexity index is 918. The van der Waals surface area contributed by atoms with Crippen LogP contribution in [0, 0.1) is 0 Å². The fourth-order valence-corrected chi connectivity index (χ4v) is 2.39. The monoisotopic (exact) mass is 335 g/mol. The smallest absolute Gasteiger partial charge is 0.424 e. The van der Waals surface area contributed by atoms with Gasteiger partial charge in [-0.3, -0.25) is 4.79 Å². The van der Waals surface area contributed by atoms with Gasteiger partial charge in [-0.25, -0.2) is 9.97 Å². The van der Waals surface area contributed by atoms with E-state index in [1.165, 1.54) is 17.8 Å². The van der Waals surface area contributed by atoms with Crippen LogP contribution in [0.5, 0.6) is 5.75 Å². The molecular formula is C16H12F3N3O2. The Kier molecular flexibility index (Phi) is 3.75. The third kappa shape index (κ3) is 2.82. The number of rotatable bonds is 2. The van der Waals surface area contributed by atoms with Crippen LogP contribution in [-0.2, 0) is 18.0 Å². The lowest BCUT2D eigenvalue weighted by Crippen LogP contribution is -2.12. The molecule has 0 spiro atoms. The van der Waals surface area contributed by atoms with Crippen LogP contribution in [0.4, 0.5) is 13.2 Å². The van der Waals surface area contributed by atoms with Gasteiger partial charge in [0.15, 0.2) is 17.3 Å². The van der Waals surface area contributed by atoms with Gasteiger partial charge in [0, 0.05) is 25.7 Å². The summed E-state index contributed by atoms with van der Waals surface area (Å²) < 4.78 is 46.8. The van der Waals surface area contributed by atoms with Crippen LogP contribution in [0.15, 0.2) is 36.5 Å². The van der Waals surface area contributed by atoms with E-state index in [0.717, 1.165) is 6.92 Å². The Hall–Kier alpha value is -2.90. The second kappa shape index (κ2) is 5.63. The van der Waals surface area contributed by atoms with Crippen molar-refractivity contribution in [1.29, 1.82) is 0 Å². The van der Waals surface area contributed by atoms with Crippen molar-refractivity contribution in [2.75, 3.05) is 0 Å². The first-order valence-electron chi connectivity index (χ1n) is 6.95. The minimum absolute atomic E-state index is 0.0347. The van der Waals surface area contributed by atoms with E-state index in [1.54, 1.807) is 30.3 Å². The van der Waals surface area contributed by atoms with Gasteiger partial charge in [-0.05, 0) is 0 Å². The van der Waals surface area contributed by atoms with Crippen LogP contribution in [0.3, 0.4) is 0 Å². The number of fused-ring (bicyclic) bond motifs is 1. The molecule has 0 N–H and O–H groups in total. The molecule has 0 bridgehead atoms. The van der Waals surface area contributed by atoms with Crippen LogP contribution in [0.2, 0.25) is 0 Å². The first-order valence-corrected chi connectivity index (χ1v) is 6.95. The molecule has 1 aromatic carbocycles. The number of hydrogen-bond donors (Lipinski definition) is 0. The highest BCUT2D eigenvalue weighted by Gasteiger charge is 2.38. The standard InChI is InChI=1S/C16H12F3N3O2/c1-9(23)24-11-8-22(2)15-12(11)13(16(17,18)19)20-14(21-15)10-6-4-3-5-7-10/h3-8H,1-2H3. The Balaban J connectivity index is 2.34. The van der Waals surface area contributed by atoms with Gasteiger partial charge in [0.1, 0.15) is 5.65 Å². The van der Waals surface area contributed by atoms with E-state index in [9.17, 15) is 18.0 Å². The minimum atomic E-state index is -4.72. The number of alkyl halides is 3. The number of ether oxygens (including phenoxy) is 1. The number of carbonyl (C=O) groups excluding carboxylic acids is 1. The molecule has 8 heteroatoms. The third-order valence-corrected chi connectivity index (χ3v) is 3.34. The zero-order valence-electron chi connectivity index (χ0n) is 12.8. The maximum atomic E-state index is 13.5. The average Bonchev–Trinajstić information content (AvgIpc) is 2.82. The number of aryl methyl sites for hydroxylation is 1. The van der Waals surface area contributed by atoms with Gasteiger partial charge in [0.05, 0.1) is 5.39 Å². The maximum absolute atomic E-state index is 13.5. The molecule has 0 aliphatic carbocycles. The Morgan fingerprint density at radius 1 is 1.17 bits per heavy atom. The van der Waals surface area contributed by atoms with Crippen molar-refractivity contribution in [1.82, 2.24) is 14.5 Å². The largest absolute Gasteiger partial charge is 0.434 e. The van der Waals surface area contributed by atoms with Gasteiger partial charge in [-0.15, -0.1) is 0 Å². The zero-order chi connectivity index (χ0) is 17.5. The van der Waals surface area contributed by atoms with Crippen LogP contribution < -0.4 is 4.74 Å². The summed E-state index contributed by atoms with van der Waals surface area (Å²) in [5, 5.41) is -0.333. The Labute approximate surface area is 134 Å². The van der Waals surface area contributed by atoms with Crippen LogP contribution >= 0.6 is 0 Å². The van der Waals surface area contributed by atoms with Gasteiger partial charge in [-0.1, -0.05) is 30.3 Å². The number of hydrogen-bond acceptors (Lipinski definition) is 4. The first kappa shape index (κ1) is 16.0. The van der Waals surface area contributed by atoms with E-state index in [0.29, 0.717) is 5.56 Å². The molecule has 0 aliphatic heterocycles. The Morgan fingerprint density at radius 2 is 1.83 bits per heavy atom. The summed E-state index contributed by atoms with van der Waals surface area (Å²) in [7, 11) is 1.53. The highest BCUT2D eigenvalue weighted by atomic mass is 19.4. The minimum Gasteiger partial charge on any atom is -0.424 e. The molecule has 0 fully saturated rings. The molecule has 124 valence electrons. The molecule has 5 nitrogen and oxygen atoms in total. The highest BCUT2D eigenvalue weighted by Crippen LogP contribution is 2.39. The van der Waals surface area contributed by atoms with Crippen molar-refractivity contribution in [3.8, 4) is 17.1 Å². The van der Waals surface area contributed by atoms with E-state index in [-0.39, 0.29) is 22.6 Å². The molecule has 0 unspecified atom stereocenters. The molecule has 0 radical (unpaired) electrons. The number of halogens is 3. The highest BCUT2D eigenvalue weighted by molar-refractivity contribution is 5.90. The van der Waals surface area contributed by atoms with Gasteiger partial charge in [0.25, 0.3) is 0 Å². The normalized spacial score (nSPS) is 11.7. The van der Waals surface area contributed by atoms with Gasteiger partial charge in [-0.2, -0.15) is 13.2 Å². The SMILES string of the molecule is CC(=O)Oc1cn(C)c2nc(-c3ccccc3)nc(C(F)(F)F)c12. The van der Waals surface area contributed by atoms with Gasteiger partial charge in [0.2, 0.25) is 0 Å². The summed E-state index contributed by atoms with van der Waals surface area (Å²) >= 11 is 0.